The van der Waals surface area contributed by atoms with Crippen LogP contribution in [0.3, 0.4) is 0 Å². The minimum absolute atomic E-state index is 0.149. The monoisotopic (exact) mass is 264 g/mol. The van der Waals surface area contributed by atoms with Gasteiger partial charge in [0.2, 0.25) is 0 Å². The van der Waals surface area contributed by atoms with Crippen molar-refractivity contribution in [3.8, 4) is 0 Å². The van der Waals surface area contributed by atoms with Gasteiger partial charge in [0.1, 0.15) is 5.82 Å². The fraction of sp³-hybridized carbons (Fsp3) is 0.357. The SMILES string of the molecule is CCCc1nc(N)sc1Cc1ccc(C)cc1F. The summed E-state index contributed by atoms with van der Waals surface area (Å²) in [6.45, 7) is 3.99. The normalized spacial score (nSPS) is 10.8. The van der Waals surface area contributed by atoms with Crippen LogP contribution >= 0.6 is 11.3 Å². The van der Waals surface area contributed by atoms with Gasteiger partial charge in [-0.2, -0.15) is 0 Å². The van der Waals surface area contributed by atoms with Gasteiger partial charge < -0.3 is 5.73 Å². The van der Waals surface area contributed by atoms with Crippen LogP contribution in [0.25, 0.3) is 0 Å². The highest BCUT2D eigenvalue weighted by Crippen LogP contribution is 2.25. The maximum atomic E-state index is 13.8. The smallest absolute Gasteiger partial charge is 0.180 e. The third-order valence-electron chi connectivity index (χ3n) is 2.84. The molecule has 0 amide bonds. The quantitative estimate of drug-likeness (QED) is 0.914. The van der Waals surface area contributed by atoms with Gasteiger partial charge in [-0.1, -0.05) is 25.5 Å². The van der Waals surface area contributed by atoms with Crippen LogP contribution in [0.5, 0.6) is 0 Å². The first-order valence-corrected chi connectivity index (χ1v) is 6.91. The Balaban J connectivity index is 2.27. The van der Waals surface area contributed by atoms with Gasteiger partial charge in [-0.25, -0.2) is 9.37 Å². The highest BCUT2D eigenvalue weighted by Gasteiger charge is 2.11. The lowest BCUT2D eigenvalue weighted by molar-refractivity contribution is 0.613. The number of aromatic nitrogens is 1. The number of rotatable bonds is 4. The van der Waals surface area contributed by atoms with E-state index in [1.807, 2.05) is 19.1 Å². The molecule has 0 spiro atoms. The third kappa shape index (κ3) is 2.88. The number of hydrogen-bond donors (Lipinski definition) is 1. The minimum Gasteiger partial charge on any atom is -0.375 e. The Morgan fingerprint density at radius 1 is 1.39 bits per heavy atom. The van der Waals surface area contributed by atoms with Crippen molar-refractivity contribution in [1.82, 2.24) is 4.98 Å². The summed E-state index contributed by atoms with van der Waals surface area (Å²) in [7, 11) is 0. The molecule has 0 atom stereocenters. The van der Waals surface area contributed by atoms with Gasteiger partial charge in [-0.05, 0) is 30.5 Å². The summed E-state index contributed by atoms with van der Waals surface area (Å²) in [5, 5.41) is 0.570. The summed E-state index contributed by atoms with van der Waals surface area (Å²) in [5.74, 6) is -0.149. The van der Waals surface area contributed by atoms with Crippen molar-refractivity contribution in [2.75, 3.05) is 5.73 Å². The molecular weight excluding hydrogens is 247 g/mol. The molecule has 96 valence electrons. The van der Waals surface area contributed by atoms with Crippen LogP contribution in [0.15, 0.2) is 18.2 Å². The van der Waals surface area contributed by atoms with E-state index in [9.17, 15) is 4.39 Å². The van der Waals surface area contributed by atoms with E-state index < -0.39 is 0 Å². The Hall–Kier alpha value is -1.42. The van der Waals surface area contributed by atoms with Crippen LogP contribution in [0, 0.1) is 12.7 Å². The van der Waals surface area contributed by atoms with Gasteiger partial charge in [0, 0.05) is 11.3 Å². The zero-order valence-electron chi connectivity index (χ0n) is 10.7. The standard InChI is InChI=1S/C14H17FN2S/c1-3-4-12-13(18-14(16)17-12)8-10-6-5-9(2)7-11(10)15/h5-7H,3-4,8H2,1-2H3,(H2,16,17). The van der Waals surface area contributed by atoms with E-state index in [0.717, 1.165) is 29.0 Å². The van der Waals surface area contributed by atoms with Gasteiger partial charge in [0.05, 0.1) is 5.69 Å². The van der Waals surface area contributed by atoms with E-state index in [-0.39, 0.29) is 5.82 Å². The highest BCUT2D eigenvalue weighted by atomic mass is 32.1. The molecule has 0 bridgehead atoms. The first-order chi connectivity index (χ1) is 8.60. The van der Waals surface area contributed by atoms with Gasteiger partial charge >= 0.3 is 0 Å². The Kier molecular flexibility index (Phi) is 3.97. The molecular formula is C14H17FN2S. The average molecular weight is 264 g/mol. The van der Waals surface area contributed by atoms with Gasteiger partial charge in [0.15, 0.2) is 5.13 Å². The largest absolute Gasteiger partial charge is 0.375 e. The van der Waals surface area contributed by atoms with Gasteiger partial charge in [0.25, 0.3) is 0 Å². The lowest BCUT2D eigenvalue weighted by atomic mass is 10.1. The number of benzene rings is 1. The first kappa shape index (κ1) is 13.0. The molecule has 0 radical (unpaired) electrons. The molecule has 0 saturated carbocycles. The number of anilines is 1. The Morgan fingerprint density at radius 3 is 2.83 bits per heavy atom. The summed E-state index contributed by atoms with van der Waals surface area (Å²) in [6.07, 6.45) is 2.50. The molecule has 1 aromatic heterocycles. The number of aryl methyl sites for hydroxylation is 2. The molecule has 1 heterocycles. The summed E-state index contributed by atoms with van der Waals surface area (Å²) < 4.78 is 13.8. The second-order valence-corrected chi connectivity index (χ2v) is 5.56. The molecule has 0 aliphatic carbocycles. The maximum Gasteiger partial charge on any atom is 0.180 e. The Bertz CT molecular complexity index is 549. The predicted octanol–water partition coefficient (Wildman–Crippen LogP) is 3.72. The van der Waals surface area contributed by atoms with E-state index in [0.29, 0.717) is 17.1 Å². The number of nitrogens with zero attached hydrogens (tertiary/aromatic N) is 1. The van der Waals surface area contributed by atoms with Crippen molar-refractivity contribution in [2.24, 2.45) is 0 Å². The van der Waals surface area contributed by atoms with Crippen molar-refractivity contribution in [2.45, 2.75) is 33.1 Å². The van der Waals surface area contributed by atoms with Crippen LogP contribution in [-0.4, -0.2) is 4.98 Å². The first-order valence-electron chi connectivity index (χ1n) is 6.09. The van der Waals surface area contributed by atoms with E-state index in [4.69, 9.17) is 5.73 Å². The van der Waals surface area contributed by atoms with Gasteiger partial charge in [-0.15, -0.1) is 11.3 Å². The zero-order chi connectivity index (χ0) is 13.1. The molecule has 0 saturated heterocycles. The fourth-order valence-electron chi connectivity index (χ4n) is 1.94. The van der Waals surface area contributed by atoms with Crippen LogP contribution < -0.4 is 5.73 Å². The number of hydrogen-bond acceptors (Lipinski definition) is 3. The van der Waals surface area contributed by atoms with E-state index in [1.54, 1.807) is 6.07 Å². The van der Waals surface area contributed by atoms with Crippen molar-refractivity contribution in [3.63, 3.8) is 0 Å². The number of halogens is 1. The second kappa shape index (κ2) is 5.48. The topological polar surface area (TPSA) is 38.9 Å². The van der Waals surface area contributed by atoms with Gasteiger partial charge in [-0.3, -0.25) is 0 Å². The molecule has 0 unspecified atom stereocenters. The Labute approximate surface area is 111 Å². The maximum absolute atomic E-state index is 13.8. The van der Waals surface area contributed by atoms with Crippen LogP contribution in [-0.2, 0) is 12.8 Å². The second-order valence-electron chi connectivity index (χ2n) is 4.44. The molecule has 1 aromatic carbocycles. The van der Waals surface area contributed by atoms with Crippen LogP contribution in [0.1, 0.15) is 35.0 Å². The molecule has 18 heavy (non-hydrogen) atoms. The van der Waals surface area contributed by atoms with Crippen LogP contribution in [0.4, 0.5) is 9.52 Å². The highest BCUT2D eigenvalue weighted by molar-refractivity contribution is 7.15. The third-order valence-corrected chi connectivity index (χ3v) is 3.77. The molecule has 2 N–H and O–H groups in total. The summed E-state index contributed by atoms with van der Waals surface area (Å²) in [6, 6.07) is 5.35. The van der Waals surface area contributed by atoms with Crippen LogP contribution in [0.2, 0.25) is 0 Å². The van der Waals surface area contributed by atoms with E-state index >= 15 is 0 Å². The van der Waals surface area contributed by atoms with Crippen molar-refractivity contribution >= 4 is 16.5 Å². The lowest BCUT2D eigenvalue weighted by Crippen LogP contribution is -1.96. The summed E-state index contributed by atoms with van der Waals surface area (Å²) in [4.78, 5) is 5.40. The number of nitrogens with two attached hydrogens (primary N) is 1. The molecule has 0 aliphatic heterocycles. The summed E-state index contributed by atoms with van der Waals surface area (Å²) in [5.41, 5.74) is 8.40. The predicted molar refractivity (Wildman–Crippen MR) is 74.5 cm³/mol. The van der Waals surface area contributed by atoms with E-state index in [1.165, 1.54) is 11.3 Å². The molecule has 0 aliphatic rings. The Morgan fingerprint density at radius 2 is 2.17 bits per heavy atom. The average Bonchev–Trinajstić information content (AvgIpc) is 2.64. The zero-order valence-corrected chi connectivity index (χ0v) is 11.5. The minimum atomic E-state index is -0.149. The fourth-order valence-corrected chi connectivity index (χ4v) is 2.84. The van der Waals surface area contributed by atoms with Crippen molar-refractivity contribution in [3.05, 3.63) is 45.7 Å². The molecule has 4 heteroatoms. The molecule has 2 aromatic rings. The number of thiazole rings is 1. The summed E-state index contributed by atoms with van der Waals surface area (Å²) >= 11 is 1.46. The van der Waals surface area contributed by atoms with Crippen molar-refractivity contribution < 1.29 is 4.39 Å². The molecule has 2 rings (SSSR count). The van der Waals surface area contributed by atoms with Crippen molar-refractivity contribution in [1.29, 1.82) is 0 Å². The number of nitrogen functional groups attached to an aromatic ring is 1. The molecule has 2 nitrogen and oxygen atoms in total. The molecule has 0 fully saturated rings. The lowest BCUT2D eigenvalue weighted by Gasteiger charge is -2.04. The van der Waals surface area contributed by atoms with E-state index in [2.05, 4.69) is 11.9 Å².